The molecular formula is C8H9BrN2O. The van der Waals surface area contributed by atoms with Gasteiger partial charge in [0.15, 0.2) is 0 Å². The number of halogens is 1. The number of nitrogens with zero attached hydrogens (tertiary/aromatic N) is 1. The lowest BCUT2D eigenvalue weighted by molar-refractivity contribution is 0.0962. The van der Waals surface area contributed by atoms with E-state index in [9.17, 15) is 4.79 Å². The third-order valence-corrected chi connectivity index (χ3v) is 2.12. The second kappa shape index (κ2) is 3.67. The van der Waals surface area contributed by atoms with Crippen molar-refractivity contribution >= 4 is 21.8 Å². The second-order valence-corrected chi connectivity index (χ2v) is 3.24. The number of carbonyl (C=O) groups is 1. The molecule has 1 N–H and O–H groups in total. The lowest BCUT2D eigenvalue weighted by Gasteiger charge is -2.02. The van der Waals surface area contributed by atoms with E-state index >= 15 is 0 Å². The van der Waals surface area contributed by atoms with Gasteiger partial charge >= 0.3 is 0 Å². The predicted molar refractivity (Wildman–Crippen MR) is 50.1 cm³/mol. The minimum Gasteiger partial charge on any atom is -0.355 e. The number of amides is 1. The van der Waals surface area contributed by atoms with Gasteiger partial charge in [0, 0.05) is 23.4 Å². The van der Waals surface area contributed by atoms with Gasteiger partial charge in [-0.15, -0.1) is 0 Å². The summed E-state index contributed by atoms with van der Waals surface area (Å²) in [5.74, 6) is -0.130. The first kappa shape index (κ1) is 9.19. The van der Waals surface area contributed by atoms with Crippen molar-refractivity contribution in [2.75, 3.05) is 7.05 Å². The lowest BCUT2D eigenvalue weighted by atomic mass is 10.2. The van der Waals surface area contributed by atoms with Gasteiger partial charge in [0.25, 0.3) is 5.91 Å². The molecule has 0 aliphatic rings. The van der Waals surface area contributed by atoms with Gasteiger partial charge in [-0.1, -0.05) is 0 Å². The summed E-state index contributed by atoms with van der Waals surface area (Å²) in [6.07, 6.45) is 1.55. The van der Waals surface area contributed by atoms with Crippen LogP contribution in [0.4, 0.5) is 0 Å². The molecule has 1 heterocycles. The molecule has 0 fully saturated rings. The second-order valence-electron chi connectivity index (χ2n) is 2.38. The third kappa shape index (κ3) is 1.82. The molecule has 0 radical (unpaired) electrons. The van der Waals surface area contributed by atoms with E-state index < -0.39 is 0 Å². The standard InChI is InChI=1S/C8H9BrN2O/c1-5-3-7(9)6(4-11-5)8(12)10-2/h3-4H,1-2H3,(H,10,12). The molecule has 12 heavy (non-hydrogen) atoms. The van der Waals surface area contributed by atoms with Crippen molar-refractivity contribution in [2.24, 2.45) is 0 Å². The summed E-state index contributed by atoms with van der Waals surface area (Å²) < 4.78 is 0.773. The quantitative estimate of drug-likeness (QED) is 0.793. The Kier molecular flexibility index (Phi) is 2.81. The number of nitrogens with one attached hydrogen (secondary N) is 1. The van der Waals surface area contributed by atoms with Crippen molar-refractivity contribution in [3.05, 3.63) is 28.0 Å². The van der Waals surface area contributed by atoms with E-state index in [-0.39, 0.29) is 5.91 Å². The molecule has 0 unspecified atom stereocenters. The molecule has 4 heteroatoms. The third-order valence-electron chi connectivity index (χ3n) is 1.46. The van der Waals surface area contributed by atoms with Gasteiger partial charge in [-0.2, -0.15) is 0 Å². The number of hydrogen-bond acceptors (Lipinski definition) is 2. The van der Waals surface area contributed by atoms with Crippen LogP contribution in [0.2, 0.25) is 0 Å². The average molecular weight is 229 g/mol. The molecule has 0 aliphatic carbocycles. The first-order valence-electron chi connectivity index (χ1n) is 3.49. The van der Waals surface area contributed by atoms with Crippen LogP contribution >= 0.6 is 15.9 Å². The topological polar surface area (TPSA) is 42.0 Å². The maximum Gasteiger partial charge on any atom is 0.253 e. The smallest absolute Gasteiger partial charge is 0.253 e. The highest BCUT2D eigenvalue weighted by Crippen LogP contribution is 2.15. The Morgan fingerprint density at radius 1 is 1.67 bits per heavy atom. The van der Waals surface area contributed by atoms with Crippen molar-refractivity contribution in [3.63, 3.8) is 0 Å². The molecule has 1 rings (SSSR count). The molecule has 0 bridgehead atoms. The molecule has 1 aromatic rings. The fourth-order valence-electron chi connectivity index (χ4n) is 0.828. The molecule has 0 atom stereocenters. The summed E-state index contributed by atoms with van der Waals surface area (Å²) in [7, 11) is 1.59. The van der Waals surface area contributed by atoms with Crippen LogP contribution in [-0.2, 0) is 0 Å². The molecule has 0 spiro atoms. The van der Waals surface area contributed by atoms with E-state index in [1.54, 1.807) is 13.2 Å². The number of aromatic nitrogens is 1. The van der Waals surface area contributed by atoms with Crippen molar-refractivity contribution in [1.82, 2.24) is 10.3 Å². The highest BCUT2D eigenvalue weighted by molar-refractivity contribution is 9.10. The van der Waals surface area contributed by atoms with Gasteiger partial charge in [-0.3, -0.25) is 9.78 Å². The van der Waals surface area contributed by atoms with Gasteiger partial charge in [0.1, 0.15) is 0 Å². The van der Waals surface area contributed by atoms with E-state index in [1.165, 1.54) is 0 Å². The number of pyridine rings is 1. The van der Waals surface area contributed by atoms with E-state index in [1.807, 2.05) is 13.0 Å². The highest BCUT2D eigenvalue weighted by atomic mass is 79.9. The molecule has 0 saturated heterocycles. The number of rotatable bonds is 1. The summed E-state index contributed by atoms with van der Waals surface area (Å²) in [6, 6.07) is 1.81. The molecule has 0 aromatic carbocycles. The Hall–Kier alpha value is -0.900. The largest absolute Gasteiger partial charge is 0.355 e. The molecule has 1 amide bonds. The highest BCUT2D eigenvalue weighted by Gasteiger charge is 2.07. The van der Waals surface area contributed by atoms with Crippen molar-refractivity contribution in [3.8, 4) is 0 Å². The van der Waals surface area contributed by atoms with Gasteiger partial charge in [-0.25, -0.2) is 0 Å². The number of carbonyl (C=O) groups excluding carboxylic acids is 1. The van der Waals surface area contributed by atoms with Crippen LogP contribution in [0.3, 0.4) is 0 Å². The molecule has 0 aliphatic heterocycles. The zero-order valence-corrected chi connectivity index (χ0v) is 8.47. The summed E-state index contributed by atoms with van der Waals surface area (Å²) in [4.78, 5) is 15.2. The zero-order chi connectivity index (χ0) is 9.14. The zero-order valence-electron chi connectivity index (χ0n) is 6.89. The molecule has 1 aromatic heterocycles. The minimum atomic E-state index is -0.130. The van der Waals surface area contributed by atoms with Gasteiger partial charge in [-0.05, 0) is 28.9 Å². The average Bonchev–Trinajstić information content (AvgIpc) is 2.03. The monoisotopic (exact) mass is 228 g/mol. The SMILES string of the molecule is CNC(=O)c1cnc(C)cc1Br. The van der Waals surface area contributed by atoms with Gasteiger partial charge in [0.2, 0.25) is 0 Å². The van der Waals surface area contributed by atoms with Crippen LogP contribution < -0.4 is 5.32 Å². The first-order chi connectivity index (χ1) is 5.65. The van der Waals surface area contributed by atoms with Crippen LogP contribution in [0.5, 0.6) is 0 Å². The maximum atomic E-state index is 11.2. The summed E-state index contributed by atoms with van der Waals surface area (Å²) in [5, 5.41) is 2.53. The fourth-order valence-corrected chi connectivity index (χ4v) is 1.44. The Balaban J connectivity index is 3.09. The van der Waals surface area contributed by atoms with Gasteiger partial charge in [0.05, 0.1) is 5.56 Å². The van der Waals surface area contributed by atoms with Crippen LogP contribution in [0, 0.1) is 6.92 Å². The van der Waals surface area contributed by atoms with E-state index in [4.69, 9.17) is 0 Å². The Bertz CT molecular complexity index is 312. The van der Waals surface area contributed by atoms with Crippen LogP contribution in [0.25, 0.3) is 0 Å². The number of hydrogen-bond donors (Lipinski definition) is 1. The van der Waals surface area contributed by atoms with E-state index in [2.05, 4.69) is 26.2 Å². The summed E-state index contributed by atoms with van der Waals surface area (Å²) in [5.41, 5.74) is 1.44. The number of aryl methyl sites for hydroxylation is 1. The Morgan fingerprint density at radius 3 is 2.83 bits per heavy atom. The Labute approximate surface area is 79.3 Å². The van der Waals surface area contributed by atoms with Crippen LogP contribution in [0.1, 0.15) is 16.1 Å². The summed E-state index contributed by atoms with van der Waals surface area (Å²) in [6.45, 7) is 1.87. The molecular weight excluding hydrogens is 220 g/mol. The van der Waals surface area contributed by atoms with Gasteiger partial charge < -0.3 is 5.32 Å². The van der Waals surface area contributed by atoms with Crippen molar-refractivity contribution in [2.45, 2.75) is 6.92 Å². The van der Waals surface area contributed by atoms with E-state index in [0.717, 1.165) is 10.2 Å². The molecule has 64 valence electrons. The van der Waals surface area contributed by atoms with Crippen molar-refractivity contribution in [1.29, 1.82) is 0 Å². The van der Waals surface area contributed by atoms with E-state index in [0.29, 0.717) is 5.56 Å². The molecule has 0 saturated carbocycles. The van der Waals surface area contributed by atoms with Crippen LogP contribution in [-0.4, -0.2) is 17.9 Å². The lowest BCUT2D eigenvalue weighted by Crippen LogP contribution is -2.18. The fraction of sp³-hybridized carbons (Fsp3) is 0.250. The minimum absolute atomic E-state index is 0.130. The maximum absolute atomic E-state index is 11.2. The van der Waals surface area contributed by atoms with Crippen molar-refractivity contribution < 1.29 is 4.79 Å². The first-order valence-corrected chi connectivity index (χ1v) is 4.28. The predicted octanol–water partition coefficient (Wildman–Crippen LogP) is 1.51. The Morgan fingerprint density at radius 2 is 2.33 bits per heavy atom. The molecule has 3 nitrogen and oxygen atoms in total. The van der Waals surface area contributed by atoms with Crippen LogP contribution in [0.15, 0.2) is 16.7 Å². The summed E-state index contributed by atoms with van der Waals surface area (Å²) >= 11 is 3.29. The normalized spacial score (nSPS) is 9.58.